The van der Waals surface area contributed by atoms with Crippen LogP contribution < -0.4 is 15.0 Å². The van der Waals surface area contributed by atoms with Crippen LogP contribution in [0.4, 0.5) is 30.8 Å². The number of carbonyl (C=O) groups excluding carboxylic acids is 1. The van der Waals surface area contributed by atoms with E-state index in [4.69, 9.17) is 14.3 Å². The van der Waals surface area contributed by atoms with Gasteiger partial charge in [-0.1, -0.05) is 0 Å². The molecule has 0 radical (unpaired) electrons. The van der Waals surface area contributed by atoms with Crippen molar-refractivity contribution in [3.63, 3.8) is 0 Å². The summed E-state index contributed by atoms with van der Waals surface area (Å²) >= 11 is 0. The molecule has 0 saturated carbocycles. The highest BCUT2D eigenvalue weighted by Gasteiger charge is 2.25. The summed E-state index contributed by atoms with van der Waals surface area (Å²) in [6, 6.07) is 3.90. The summed E-state index contributed by atoms with van der Waals surface area (Å²) in [5, 5.41) is 4.36. The molecule has 0 unspecified atom stereocenters. The van der Waals surface area contributed by atoms with Gasteiger partial charge in [-0.05, 0) is 20.9 Å². The molecule has 0 aliphatic carbocycles. The number of likely N-dealkylation sites (N-methyl/N-ethyl adjacent to an activating group) is 1. The molecule has 2 aliphatic heterocycles. The number of hydrogen-bond donors (Lipinski definition) is 1. The second kappa shape index (κ2) is 11.7. The average molecular weight is 507 g/mol. The van der Waals surface area contributed by atoms with Gasteiger partial charge in [0.25, 0.3) is 0 Å². The van der Waals surface area contributed by atoms with Crippen LogP contribution in [0, 0.1) is 11.6 Å². The van der Waals surface area contributed by atoms with Crippen molar-refractivity contribution < 1.29 is 27.9 Å². The number of anilines is 3. The zero-order chi connectivity index (χ0) is 25.7. The maximum absolute atomic E-state index is 14.8. The minimum Gasteiger partial charge on any atom is -0.474 e. The molecule has 196 valence electrons. The zero-order valence-electron chi connectivity index (χ0n) is 20.7. The van der Waals surface area contributed by atoms with Crippen molar-refractivity contribution >= 4 is 23.3 Å². The van der Waals surface area contributed by atoms with Gasteiger partial charge in [-0.3, -0.25) is 0 Å². The first-order valence-electron chi connectivity index (χ1n) is 12.1. The Kier molecular flexibility index (Phi) is 8.36. The molecule has 2 aliphatic rings. The summed E-state index contributed by atoms with van der Waals surface area (Å²) in [6.07, 6.45) is 1.38. The largest absolute Gasteiger partial charge is 0.528 e. The van der Waals surface area contributed by atoms with E-state index < -0.39 is 17.8 Å². The average Bonchev–Trinajstić information content (AvgIpc) is 2.83. The normalized spacial score (nSPS) is 17.8. The summed E-state index contributed by atoms with van der Waals surface area (Å²) in [5.41, 5.74) is 0.236. The Labute approximate surface area is 209 Å². The van der Waals surface area contributed by atoms with Crippen molar-refractivity contribution in [2.45, 2.75) is 38.9 Å². The highest BCUT2D eigenvalue weighted by Crippen LogP contribution is 2.29. The van der Waals surface area contributed by atoms with Crippen LogP contribution in [0.1, 0.15) is 26.7 Å². The number of piperidine rings is 1. The lowest BCUT2D eigenvalue weighted by molar-refractivity contribution is -0.151. The Morgan fingerprint density at radius 2 is 1.75 bits per heavy atom. The Morgan fingerprint density at radius 3 is 2.44 bits per heavy atom. The van der Waals surface area contributed by atoms with Gasteiger partial charge >= 0.3 is 6.16 Å². The number of benzene rings is 1. The lowest BCUT2D eigenvalue weighted by Crippen LogP contribution is -2.44. The Balaban J connectivity index is 1.32. The van der Waals surface area contributed by atoms with E-state index >= 15 is 0 Å². The smallest absolute Gasteiger partial charge is 0.474 e. The molecular weight excluding hydrogens is 474 g/mol. The molecule has 12 heteroatoms. The van der Waals surface area contributed by atoms with Gasteiger partial charge in [-0.2, -0.15) is 0 Å². The van der Waals surface area contributed by atoms with Gasteiger partial charge in [0.2, 0.25) is 5.88 Å². The predicted molar refractivity (Wildman–Crippen MR) is 129 cm³/mol. The van der Waals surface area contributed by atoms with Crippen molar-refractivity contribution in [1.29, 1.82) is 0 Å². The van der Waals surface area contributed by atoms with E-state index in [0.717, 1.165) is 19.2 Å². The topological polar surface area (TPSA) is 92.3 Å². The number of halogens is 2. The lowest BCUT2D eigenvalue weighted by Gasteiger charge is -2.34. The number of hydroxylamine groups is 2. The third-order valence-corrected chi connectivity index (χ3v) is 6.01. The van der Waals surface area contributed by atoms with Crippen LogP contribution in [0.5, 0.6) is 5.88 Å². The predicted octanol–water partition coefficient (Wildman–Crippen LogP) is 3.57. The second-order valence-electron chi connectivity index (χ2n) is 9.19. The number of hydrogen-bond acceptors (Lipinski definition) is 10. The van der Waals surface area contributed by atoms with Crippen molar-refractivity contribution in [3.05, 3.63) is 36.2 Å². The summed E-state index contributed by atoms with van der Waals surface area (Å²) < 4.78 is 40.6. The molecule has 10 nitrogen and oxygen atoms in total. The minimum absolute atomic E-state index is 0.0197. The van der Waals surface area contributed by atoms with Crippen LogP contribution in [-0.4, -0.2) is 84.6 Å². The van der Waals surface area contributed by atoms with Crippen LogP contribution >= 0.6 is 0 Å². The molecule has 0 amide bonds. The van der Waals surface area contributed by atoms with Gasteiger partial charge in [-0.15, -0.1) is 5.06 Å². The number of ether oxygens (including phenoxy) is 2. The van der Waals surface area contributed by atoms with Crippen LogP contribution in [0.15, 0.2) is 24.5 Å². The van der Waals surface area contributed by atoms with Crippen LogP contribution in [0.25, 0.3) is 0 Å². The van der Waals surface area contributed by atoms with Crippen molar-refractivity contribution in [2.75, 3.05) is 56.5 Å². The van der Waals surface area contributed by atoms with Crippen molar-refractivity contribution in [1.82, 2.24) is 19.9 Å². The van der Waals surface area contributed by atoms with Crippen LogP contribution in [0.3, 0.4) is 0 Å². The number of carbonyl (C=O) groups is 1. The summed E-state index contributed by atoms with van der Waals surface area (Å²) in [5.74, 6) is -0.487. The van der Waals surface area contributed by atoms with Crippen LogP contribution in [0.2, 0.25) is 0 Å². The monoisotopic (exact) mass is 506 g/mol. The quantitative estimate of drug-likeness (QED) is 0.562. The Bertz CT molecular complexity index is 1040. The number of piperazine rings is 1. The van der Waals surface area contributed by atoms with E-state index in [9.17, 15) is 13.6 Å². The van der Waals surface area contributed by atoms with Gasteiger partial charge in [-0.25, -0.2) is 23.5 Å². The fraction of sp³-hybridized carbons (Fsp3) is 0.542. The van der Waals surface area contributed by atoms with Crippen molar-refractivity contribution in [2.24, 2.45) is 0 Å². The number of nitrogens with zero attached hydrogens (tertiary/aromatic N) is 5. The van der Waals surface area contributed by atoms with E-state index in [1.54, 1.807) is 18.9 Å². The zero-order valence-corrected chi connectivity index (χ0v) is 20.7. The van der Waals surface area contributed by atoms with Crippen molar-refractivity contribution in [3.8, 4) is 5.88 Å². The molecule has 2 saturated heterocycles. The van der Waals surface area contributed by atoms with Gasteiger partial charge in [0.05, 0.1) is 17.5 Å². The van der Waals surface area contributed by atoms with Gasteiger partial charge in [0.15, 0.2) is 0 Å². The maximum atomic E-state index is 14.8. The summed E-state index contributed by atoms with van der Waals surface area (Å²) in [6.45, 7) is 7.33. The third kappa shape index (κ3) is 6.91. The molecular formula is C24H32F2N6O4. The summed E-state index contributed by atoms with van der Waals surface area (Å²) in [4.78, 5) is 29.0. The Hall–Kier alpha value is -3.25. The highest BCUT2D eigenvalue weighted by atomic mass is 19.1. The first-order valence-corrected chi connectivity index (χ1v) is 12.1. The van der Waals surface area contributed by atoms with E-state index in [1.165, 1.54) is 18.5 Å². The minimum atomic E-state index is -0.726. The fourth-order valence-electron chi connectivity index (χ4n) is 4.06. The number of rotatable bonds is 7. The van der Waals surface area contributed by atoms with Crippen LogP contribution in [-0.2, 0) is 9.57 Å². The third-order valence-electron chi connectivity index (χ3n) is 6.01. The maximum Gasteiger partial charge on any atom is 0.528 e. The fourth-order valence-corrected chi connectivity index (χ4v) is 4.06. The first-order chi connectivity index (χ1) is 17.3. The first kappa shape index (κ1) is 25.8. The standard InChI is InChI=1S/C24H32F2N6O4/c1-16(2)34-24(33)36-32-6-4-17(5-7-32)35-23-14-22(27-15-28-23)29-20-12-19(26)21(13-18(20)25)31-10-8-30(3)9-11-31/h12-17H,4-11H2,1-3H3,(H,27,28,29). The Morgan fingerprint density at radius 1 is 1.03 bits per heavy atom. The molecule has 1 aromatic carbocycles. The molecule has 0 atom stereocenters. The molecule has 0 spiro atoms. The lowest BCUT2D eigenvalue weighted by atomic mass is 10.1. The molecule has 4 rings (SSSR count). The summed E-state index contributed by atoms with van der Waals surface area (Å²) in [7, 11) is 2.00. The molecule has 2 aromatic rings. The molecule has 2 fully saturated rings. The number of nitrogens with one attached hydrogen (secondary N) is 1. The second-order valence-corrected chi connectivity index (χ2v) is 9.19. The molecule has 3 heterocycles. The SMILES string of the molecule is CC(C)OC(=O)ON1CCC(Oc2cc(Nc3cc(F)c(N4CCN(C)CC4)cc3F)ncn2)CC1. The van der Waals surface area contributed by atoms with Gasteiger partial charge < -0.3 is 29.4 Å². The highest BCUT2D eigenvalue weighted by molar-refractivity contribution is 5.63. The van der Waals surface area contributed by atoms with E-state index in [-0.39, 0.29) is 29.4 Å². The van der Waals surface area contributed by atoms with Gasteiger partial charge in [0, 0.05) is 70.3 Å². The molecule has 36 heavy (non-hydrogen) atoms. The molecule has 0 bridgehead atoms. The molecule has 1 N–H and O–H groups in total. The molecule has 1 aromatic heterocycles. The van der Waals surface area contributed by atoms with E-state index in [1.807, 2.05) is 11.9 Å². The van der Waals surface area contributed by atoms with E-state index in [0.29, 0.717) is 44.9 Å². The van der Waals surface area contributed by atoms with Gasteiger partial charge in [0.1, 0.15) is 29.9 Å². The number of aromatic nitrogens is 2. The van der Waals surface area contributed by atoms with E-state index in [2.05, 4.69) is 20.2 Å².